The second kappa shape index (κ2) is 11.7. The van der Waals surface area contributed by atoms with Gasteiger partial charge in [0, 0.05) is 23.5 Å². The van der Waals surface area contributed by atoms with Crippen LogP contribution < -0.4 is 16.4 Å². The number of ketones is 1. The van der Waals surface area contributed by atoms with Gasteiger partial charge in [0.25, 0.3) is 0 Å². The van der Waals surface area contributed by atoms with E-state index in [0.717, 1.165) is 32.0 Å². The number of carbonyl (C=O) groups is 3. The lowest BCUT2D eigenvalue weighted by Gasteiger charge is -2.34. The minimum absolute atomic E-state index is 0.0903. The molecule has 0 fully saturated rings. The average Bonchev–Trinajstić information content (AvgIpc) is 3.29. The van der Waals surface area contributed by atoms with Gasteiger partial charge in [-0.25, -0.2) is 0 Å². The summed E-state index contributed by atoms with van der Waals surface area (Å²) in [6.07, 6.45) is 1.68. The van der Waals surface area contributed by atoms with Gasteiger partial charge in [0.2, 0.25) is 12.3 Å². The van der Waals surface area contributed by atoms with Crippen molar-refractivity contribution >= 4 is 50.3 Å². The molecule has 0 spiro atoms. The van der Waals surface area contributed by atoms with Gasteiger partial charge >= 0.3 is 0 Å². The highest BCUT2D eigenvalue weighted by atomic mass is 32.1. The first kappa shape index (κ1) is 28.5. The first-order valence-electron chi connectivity index (χ1n) is 13.3. The smallest absolute Gasteiger partial charge is 0.225 e. The van der Waals surface area contributed by atoms with E-state index in [0.29, 0.717) is 19.3 Å². The molecular formula is C32H37N3O3S. The predicted octanol–water partition coefficient (Wildman–Crippen LogP) is 5.37. The van der Waals surface area contributed by atoms with Crippen molar-refractivity contribution in [2.24, 2.45) is 17.6 Å². The summed E-state index contributed by atoms with van der Waals surface area (Å²) in [6, 6.07) is 22.2. The zero-order valence-electron chi connectivity index (χ0n) is 23.0. The van der Waals surface area contributed by atoms with Gasteiger partial charge in [-0.15, -0.1) is 11.3 Å². The molecule has 1 heterocycles. The molecule has 2 amide bonds. The van der Waals surface area contributed by atoms with Crippen LogP contribution in [0, 0.1) is 11.8 Å². The van der Waals surface area contributed by atoms with Gasteiger partial charge < -0.3 is 16.4 Å². The lowest BCUT2D eigenvalue weighted by atomic mass is 9.81. The van der Waals surface area contributed by atoms with Crippen molar-refractivity contribution in [1.82, 2.24) is 10.6 Å². The monoisotopic (exact) mass is 543 g/mol. The van der Waals surface area contributed by atoms with Gasteiger partial charge in [0.15, 0.2) is 5.78 Å². The molecule has 0 saturated heterocycles. The minimum Gasteiger partial charge on any atom is -0.336 e. The van der Waals surface area contributed by atoms with Crippen LogP contribution in [0.3, 0.4) is 0 Å². The molecule has 0 aliphatic rings. The molecule has 1 aromatic heterocycles. The maximum absolute atomic E-state index is 14.0. The molecule has 1 unspecified atom stereocenters. The van der Waals surface area contributed by atoms with Crippen LogP contribution in [0.4, 0.5) is 0 Å². The SMILES string of the molecule is CC(CC(=O)C(C)(C)N)[C@H](Cc1csc2ccccc12)C(=O)N[C@](C)(Cc1cccc2ccccc12)NC=O. The topological polar surface area (TPSA) is 101 Å². The summed E-state index contributed by atoms with van der Waals surface area (Å²) in [6.45, 7) is 7.13. The van der Waals surface area contributed by atoms with Crippen molar-refractivity contribution < 1.29 is 14.4 Å². The fourth-order valence-corrected chi connectivity index (χ4v) is 6.11. The van der Waals surface area contributed by atoms with Gasteiger partial charge in [-0.05, 0) is 71.8 Å². The van der Waals surface area contributed by atoms with Gasteiger partial charge in [-0.3, -0.25) is 14.4 Å². The summed E-state index contributed by atoms with van der Waals surface area (Å²) in [4.78, 5) is 38.6. The molecule has 0 saturated carbocycles. The Balaban J connectivity index is 1.64. The Morgan fingerprint density at radius 1 is 0.949 bits per heavy atom. The number of rotatable bonds is 12. The number of nitrogens with one attached hydrogen (secondary N) is 2. The molecule has 4 aromatic rings. The third kappa shape index (κ3) is 6.72. The van der Waals surface area contributed by atoms with Crippen LogP contribution in [0.1, 0.15) is 45.2 Å². The Bertz CT molecular complexity index is 1480. The molecular weight excluding hydrogens is 506 g/mol. The third-order valence-electron chi connectivity index (χ3n) is 7.45. The zero-order chi connectivity index (χ0) is 28.2. The lowest BCUT2D eigenvalue weighted by Crippen LogP contribution is -2.59. The van der Waals surface area contributed by atoms with Crippen LogP contribution >= 0.6 is 11.3 Å². The molecule has 0 aliphatic carbocycles. The van der Waals surface area contributed by atoms with Crippen molar-refractivity contribution in [3.63, 3.8) is 0 Å². The summed E-state index contributed by atoms with van der Waals surface area (Å²) in [7, 11) is 0. The van der Waals surface area contributed by atoms with Crippen LogP contribution in [0.15, 0.2) is 72.1 Å². The van der Waals surface area contributed by atoms with E-state index in [1.54, 1.807) is 25.2 Å². The first-order chi connectivity index (χ1) is 18.5. The van der Waals surface area contributed by atoms with Crippen molar-refractivity contribution in [1.29, 1.82) is 0 Å². The molecule has 0 bridgehead atoms. The Labute approximate surface area is 234 Å². The highest BCUT2D eigenvalue weighted by Crippen LogP contribution is 2.31. The van der Waals surface area contributed by atoms with Crippen molar-refractivity contribution in [2.45, 2.75) is 58.2 Å². The molecule has 3 aromatic carbocycles. The number of thiophene rings is 1. The van der Waals surface area contributed by atoms with E-state index in [-0.39, 0.29) is 24.0 Å². The van der Waals surface area contributed by atoms with Crippen LogP contribution in [0.5, 0.6) is 0 Å². The largest absolute Gasteiger partial charge is 0.336 e. The van der Waals surface area contributed by atoms with E-state index >= 15 is 0 Å². The summed E-state index contributed by atoms with van der Waals surface area (Å²) in [5.41, 5.74) is 6.16. The maximum atomic E-state index is 14.0. The van der Waals surface area contributed by atoms with Gasteiger partial charge in [0.05, 0.1) is 5.54 Å². The van der Waals surface area contributed by atoms with Crippen LogP contribution in [-0.2, 0) is 27.2 Å². The highest BCUT2D eigenvalue weighted by Gasteiger charge is 2.35. The second-order valence-electron chi connectivity index (χ2n) is 11.3. The number of hydrogen-bond acceptors (Lipinski definition) is 5. The van der Waals surface area contributed by atoms with Crippen molar-refractivity contribution in [2.75, 3.05) is 0 Å². The average molecular weight is 544 g/mol. The van der Waals surface area contributed by atoms with E-state index in [1.807, 2.05) is 68.4 Å². The lowest BCUT2D eigenvalue weighted by molar-refractivity contribution is -0.130. The van der Waals surface area contributed by atoms with Crippen LogP contribution in [0.25, 0.3) is 20.9 Å². The molecule has 6 nitrogen and oxygen atoms in total. The molecule has 0 aliphatic heterocycles. The summed E-state index contributed by atoms with van der Waals surface area (Å²) < 4.78 is 1.15. The Morgan fingerprint density at radius 3 is 2.33 bits per heavy atom. The molecule has 4 rings (SSSR count). The number of Topliss-reactive ketones (excluding diaryl/α,β-unsaturated/α-hetero) is 1. The van der Waals surface area contributed by atoms with Crippen molar-refractivity contribution in [3.8, 4) is 0 Å². The number of fused-ring (bicyclic) bond motifs is 2. The van der Waals surface area contributed by atoms with Crippen LogP contribution in [0.2, 0.25) is 0 Å². The van der Waals surface area contributed by atoms with E-state index in [2.05, 4.69) is 28.1 Å². The summed E-state index contributed by atoms with van der Waals surface area (Å²) in [5.74, 6) is -1.07. The Morgan fingerprint density at radius 2 is 1.62 bits per heavy atom. The molecule has 3 atom stereocenters. The Kier molecular flexibility index (Phi) is 8.52. The normalized spacial score (nSPS) is 14.9. The third-order valence-corrected chi connectivity index (χ3v) is 8.46. The summed E-state index contributed by atoms with van der Waals surface area (Å²) in [5, 5.41) is 11.4. The highest BCUT2D eigenvalue weighted by molar-refractivity contribution is 7.17. The number of benzene rings is 3. The van der Waals surface area contributed by atoms with E-state index < -0.39 is 17.1 Å². The molecule has 4 N–H and O–H groups in total. The first-order valence-corrected chi connectivity index (χ1v) is 14.2. The van der Waals surface area contributed by atoms with Gasteiger partial charge in [-0.2, -0.15) is 0 Å². The quantitative estimate of drug-likeness (QED) is 0.165. The van der Waals surface area contributed by atoms with E-state index in [1.165, 1.54) is 0 Å². The second-order valence-corrected chi connectivity index (χ2v) is 12.2. The van der Waals surface area contributed by atoms with E-state index in [9.17, 15) is 14.4 Å². The molecule has 204 valence electrons. The zero-order valence-corrected chi connectivity index (χ0v) is 23.8. The Hall–Kier alpha value is -3.55. The summed E-state index contributed by atoms with van der Waals surface area (Å²) >= 11 is 1.64. The van der Waals surface area contributed by atoms with Crippen LogP contribution in [-0.4, -0.2) is 29.3 Å². The fraction of sp³-hybridized carbons (Fsp3) is 0.344. The van der Waals surface area contributed by atoms with Gasteiger partial charge in [-0.1, -0.05) is 67.6 Å². The number of nitrogens with two attached hydrogens (primary N) is 1. The maximum Gasteiger partial charge on any atom is 0.225 e. The van der Waals surface area contributed by atoms with Gasteiger partial charge in [0.1, 0.15) is 5.66 Å². The van der Waals surface area contributed by atoms with E-state index in [4.69, 9.17) is 5.73 Å². The van der Waals surface area contributed by atoms with Crippen molar-refractivity contribution in [3.05, 3.63) is 83.2 Å². The molecule has 0 radical (unpaired) electrons. The number of hydrogen-bond donors (Lipinski definition) is 3. The number of amides is 2. The standard InChI is InChI=1S/C32H37N3O3S/c1-21(16-29(37)31(2,3)33)27(17-24-19-39-28-15-8-7-14-26(24)28)30(38)35-32(4,34-20-36)18-23-12-9-11-22-10-5-6-13-25(22)23/h5-15,19-21,27H,16-18,33H2,1-4H3,(H,34,36)(H,35,38)/t21?,27-,32+/m0/s1. The minimum atomic E-state index is -1.03. The molecule has 39 heavy (non-hydrogen) atoms. The molecule has 7 heteroatoms. The predicted molar refractivity (Wildman–Crippen MR) is 159 cm³/mol. The number of carbonyl (C=O) groups excluding carboxylic acids is 3. The fourth-order valence-electron chi connectivity index (χ4n) is 5.13.